The van der Waals surface area contributed by atoms with Crippen molar-refractivity contribution in [2.24, 2.45) is 0 Å². The first-order valence-electron chi connectivity index (χ1n) is 6.01. The molecule has 98 valence electrons. The molecule has 2 rings (SSSR count). The molecule has 0 aromatic heterocycles. The van der Waals surface area contributed by atoms with Crippen LogP contribution in [0.15, 0.2) is 22.7 Å². The summed E-state index contributed by atoms with van der Waals surface area (Å²) < 4.78 is 6.15. The summed E-state index contributed by atoms with van der Waals surface area (Å²) in [6.45, 7) is 1.51. The van der Waals surface area contributed by atoms with E-state index >= 15 is 0 Å². The van der Waals surface area contributed by atoms with Gasteiger partial charge in [0.1, 0.15) is 5.75 Å². The van der Waals surface area contributed by atoms with Gasteiger partial charge in [-0.25, -0.2) is 0 Å². The third-order valence-corrected chi connectivity index (χ3v) is 3.70. The number of hydrogen-bond acceptors (Lipinski definition) is 3. The van der Waals surface area contributed by atoms with Crippen LogP contribution in [0.3, 0.4) is 0 Å². The van der Waals surface area contributed by atoms with Gasteiger partial charge in [0.2, 0.25) is 5.91 Å². The lowest BCUT2D eigenvalue weighted by atomic mass is 10.1. The summed E-state index contributed by atoms with van der Waals surface area (Å²) in [7, 11) is 1.66. The Morgan fingerprint density at radius 2 is 2.39 bits per heavy atom. The normalized spacial score (nSPS) is 19.4. The fourth-order valence-electron chi connectivity index (χ4n) is 1.99. The van der Waals surface area contributed by atoms with E-state index in [0.29, 0.717) is 12.5 Å². The number of hydrogen-bond donors (Lipinski definition) is 2. The summed E-state index contributed by atoms with van der Waals surface area (Å²) in [5.41, 5.74) is 1.19. The van der Waals surface area contributed by atoms with Gasteiger partial charge in [0, 0.05) is 25.6 Å². The van der Waals surface area contributed by atoms with Gasteiger partial charge < -0.3 is 15.4 Å². The highest BCUT2D eigenvalue weighted by Crippen LogP contribution is 2.25. The molecule has 0 saturated carbocycles. The van der Waals surface area contributed by atoms with Gasteiger partial charge in [-0.1, -0.05) is 6.07 Å². The van der Waals surface area contributed by atoms with Crippen molar-refractivity contribution in [1.82, 2.24) is 10.6 Å². The number of nitrogens with one attached hydrogen (secondary N) is 2. The summed E-state index contributed by atoms with van der Waals surface area (Å²) in [5, 5.41) is 6.31. The minimum Gasteiger partial charge on any atom is -0.496 e. The van der Waals surface area contributed by atoms with E-state index in [4.69, 9.17) is 4.74 Å². The lowest BCUT2D eigenvalue weighted by Crippen LogP contribution is -2.45. The van der Waals surface area contributed by atoms with E-state index in [1.807, 2.05) is 18.2 Å². The second kappa shape index (κ2) is 6.20. The molecule has 4 nitrogen and oxygen atoms in total. The van der Waals surface area contributed by atoms with Crippen LogP contribution < -0.4 is 15.4 Å². The van der Waals surface area contributed by atoms with Crippen LogP contribution in [-0.2, 0) is 11.3 Å². The summed E-state index contributed by atoms with van der Waals surface area (Å²) in [4.78, 5) is 11.0. The highest BCUT2D eigenvalue weighted by atomic mass is 79.9. The third-order valence-electron chi connectivity index (χ3n) is 3.08. The molecule has 1 amide bonds. The maximum absolute atomic E-state index is 11.0. The maximum Gasteiger partial charge on any atom is 0.220 e. The Morgan fingerprint density at radius 1 is 1.56 bits per heavy atom. The largest absolute Gasteiger partial charge is 0.496 e. The van der Waals surface area contributed by atoms with Gasteiger partial charge in [-0.3, -0.25) is 4.79 Å². The van der Waals surface area contributed by atoms with Gasteiger partial charge in [-0.05, 0) is 40.0 Å². The van der Waals surface area contributed by atoms with Gasteiger partial charge >= 0.3 is 0 Å². The monoisotopic (exact) mass is 312 g/mol. The number of carbonyl (C=O) groups excluding carboxylic acids is 1. The zero-order valence-electron chi connectivity index (χ0n) is 10.3. The predicted octanol–water partition coefficient (Wildman–Crippen LogP) is 1.83. The molecule has 1 aromatic carbocycles. The summed E-state index contributed by atoms with van der Waals surface area (Å²) in [6, 6.07) is 6.40. The standard InChI is InChI=1S/C13H17BrN2O2/c1-18-12-4-2-9(6-11(12)14)7-15-10-3-5-13(17)16-8-10/h2,4,6,10,15H,3,5,7-8H2,1H3,(H,16,17). The van der Waals surface area contributed by atoms with Crippen LogP contribution in [0.2, 0.25) is 0 Å². The molecular formula is C13H17BrN2O2. The summed E-state index contributed by atoms with van der Waals surface area (Å²) in [5.74, 6) is 0.990. The van der Waals surface area contributed by atoms with Gasteiger partial charge in [0.05, 0.1) is 11.6 Å². The molecule has 5 heteroatoms. The Kier molecular flexibility index (Phi) is 4.60. The average molecular weight is 313 g/mol. The van der Waals surface area contributed by atoms with Crippen LogP contribution >= 0.6 is 15.9 Å². The van der Waals surface area contributed by atoms with Crippen LogP contribution in [0.4, 0.5) is 0 Å². The SMILES string of the molecule is COc1ccc(CNC2CCC(=O)NC2)cc1Br. The zero-order valence-corrected chi connectivity index (χ0v) is 11.9. The van der Waals surface area contributed by atoms with E-state index < -0.39 is 0 Å². The number of halogens is 1. The zero-order chi connectivity index (χ0) is 13.0. The second-order valence-corrected chi connectivity index (χ2v) is 5.24. The second-order valence-electron chi connectivity index (χ2n) is 4.39. The number of carbonyl (C=O) groups is 1. The maximum atomic E-state index is 11.0. The van der Waals surface area contributed by atoms with Crippen LogP contribution in [-0.4, -0.2) is 25.6 Å². The molecule has 1 aliphatic heterocycles. The molecule has 0 spiro atoms. The average Bonchev–Trinajstić information content (AvgIpc) is 2.38. The van der Waals surface area contributed by atoms with Crippen LogP contribution in [0.25, 0.3) is 0 Å². The Balaban J connectivity index is 1.86. The van der Waals surface area contributed by atoms with E-state index in [9.17, 15) is 4.79 Å². The smallest absolute Gasteiger partial charge is 0.220 e. The first kappa shape index (κ1) is 13.4. The molecule has 0 radical (unpaired) electrons. The minimum absolute atomic E-state index is 0.153. The minimum atomic E-state index is 0.153. The number of benzene rings is 1. The van der Waals surface area contributed by atoms with E-state index in [-0.39, 0.29) is 5.91 Å². The molecule has 0 aliphatic carbocycles. The van der Waals surface area contributed by atoms with E-state index in [1.165, 1.54) is 5.56 Å². The quantitative estimate of drug-likeness (QED) is 0.891. The number of piperidine rings is 1. The fourth-order valence-corrected chi connectivity index (χ4v) is 2.58. The predicted molar refractivity (Wildman–Crippen MR) is 73.6 cm³/mol. The van der Waals surface area contributed by atoms with Crippen molar-refractivity contribution in [3.8, 4) is 5.75 Å². The highest BCUT2D eigenvalue weighted by Gasteiger charge is 2.17. The molecule has 1 atom stereocenters. The summed E-state index contributed by atoms with van der Waals surface area (Å²) in [6.07, 6.45) is 1.52. The first-order valence-corrected chi connectivity index (χ1v) is 6.81. The van der Waals surface area contributed by atoms with E-state index in [1.54, 1.807) is 7.11 Å². The molecule has 1 aromatic rings. The topological polar surface area (TPSA) is 50.4 Å². The number of ether oxygens (including phenoxy) is 1. The summed E-state index contributed by atoms with van der Waals surface area (Å²) >= 11 is 3.47. The van der Waals surface area contributed by atoms with Crippen molar-refractivity contribution in [2.45, 2.75) is 25.4 Å². The molecule has 1 unspecified atom stereocenters. The molecule has 1 aliphatic rings. The van der Waals surface area contributed by atoms with Crippen molar-refractivity contribution >= 4 is 21.8 Å². The number of rotatable bonds is 4. The molecule has 2 N–H and O–H groups in total. The Bertz CT molecular complexity index is 427. The van der Waals surface area contributed by atoms with Crippen molar-refractivity contribution in [1.29, 1.82) is 0 Å². The van der Waals surface area contributed by atoms with Crippen LogP contribution in [0.5, 0.6) is 5.75 Å². The van der Waals surface area contributed by atoms with Crippen molar-refractivity contribution in [2.75, 3.05) is 13.7 Å². The number of methoxy groups -OCH3 is 1. The highest BCUT2D eigenvalue weighted by molar-refractivity contribution is 9.10. The molecule has 18 heavy (non-hydrogen) atoms. The Morgan fingerprint density at radius 3 is 3.00 bits per heavy atom. The molecular weight excluding hydrogens is 296 g/mol. The number of amides is 1. The molecule has 0 bridgehead atoms. The van der Waals surface area contributed by atoms with Crippen molar-refractivity contribution in [3.63, 3.8) is 0 Å². The lowest BCUT2D eigenvalue weighted by molar-refractivity contribution is -0.122. The Hall–Kier alpha value is -1.07. The first-order chi connectivity index (χ1) is 8.69. The third kappa shape index (κ3) is 3.46. The Labute approximate surface area is 115 Å². The lowest BCUT2D eigenvalue weighted by Gasteiger charge is -2.23. The van der Waals surface area contributed by atoms with Gasteiger partial charge in [-0.2, -0.15) is 0 Å². The van der Waals surface area contributed by atoms with E-state index in [0.717, 1.165) is 29.7 Å². The van der Waals surface area contributed by atoms with Gasteiger partial charge in [0.15, 0.2) is 0 Å². The van der Waals surface area contributed by atoms with Crippen LogP contribution in [0, 0.1) is 0 Å². The van der Waals surface area contributed by atoms with Crippen molar-refractivity contribution in [3.05, 3.63) is 28.2 Å². The molecule has 1 heterocycles. The van der Waals surface area contributed by atoms with Crippen LogP contribution in [0.1, 0.15) is 18.4 Å². The van der Waals surface area contributed by atoms with Gasteiger partial charge in [0.25, 0.3) is 0 Å². The fraction of sp³-hybridized carbons (Fsp3) is 0.462. The molecule has 1 saturated heterocycles. The van der Waals surface area contributed by atoms with Crippen molar-refractivity contribution < 1.29 is 9.53 Å². The van der Waals surface area contributed by atoms with E-state index in [2.05, 4.69) is 26.6 Å². The van der Waals surface area contributed by atoms with Gasteiger partial charge in [-0.15, -0.1) is 0 Å². The molecule has 1 fully saturated rings.